The lowest BCUT2D eigenvalue weighted by atomic mass is 9.34. The van der Waals surface area contributed by atoms with Crippen molar-refractivity contribution in [2.45, 2.75) is 0 Å². The highest BCUT2D eigenvalue weighted by atomic mass is 16.5. The summed E-state index contributed by atoms with van der Waals surface area (Å²) in [5, 5.41) is 0. The van der Waals surface area contributed by atoms with E-state index in [-0.39, 0.29) is 6.71 Å². The first kappa shape index (κ1) is 18.3. The Kier molecular flexibility index (Phi) is 3.94. The van der Waals surface area contributed by atoms with Crippen LogP contribution in [0, 0.1) is 0 Å². The normalized spacial score (nSPS) is 12.7. The van der Waals surface area contributed by atoms with Crippen molar-refractivity contribution in [2.75, 3.05) is 0 Å². The Balaban J connectivity index is 1.50. The van der Waals surface area contributed by atoms with Crippen LogP contribution in [0.2, 0.25) is 0 Å². The molecule has 4 aromatic carbocycles. The lowest BCUT2D eigenvalue weighted by Gasteiger charge is -2.34. The van der Waals surface area contributed by atoms with E-state index in [0.717, 1.165) is 61.6 Å². The highest BCUT2D eigenvalue weighted by Crippen LogP contribution is 2.41. The second kappa shape index (κ2) is 7.11. The van der Waals surface area contributed by atoms with Crippen molar-refractivity contribution in [3.63, 3.8) is 0 Å². The number of rotatable bonds is 2. The second-order valence-electron chi connectivity index (χ2n) is 8.35. The highest BCUT2D eigenvalue weighted by Gasteiger charge is 2.41. The molecule has 0 amide bonds. The number of aromatic nitrogens is 1. The number of hydrogen-bond acceptors (Lipinski definition) is 3. The van der Waals surface area contributed by atoms with E-state index in [4.69, 9.17) is 9.47 Å². The smallest absolute Gasteiger partial charge is 0.260 e. The van der Waals surface area contributed by atoms with Gasteiger partial charge in [-0.1, -0.05) is 72.8 Å². The van der Waals surface area contributed by atoms with Crippen LogP contribution in [0.5, 0.6) is 23.0 Å². The summed E-state index contributed by atoms with van der Waals surface area (Å²) in [5.74, 6) is 3.52. The van der Waals surface area contributed by atoms with Crippen molar-refractivity contribution in [1.29, 1.82) is 0 Å². The van der Waals surface area contributed by atoms with E-state index in [1.54, 1.807) is 0 Å². The lowest BCUT2D eigenvalue weighted by Crippen LogP contribution is -2.57. The molecule has 0 saturated heterocycles. The first-order valence-electron chi connectivity index (χ1n) is 11.1. The van der Waals surface area contributed by atoms with Crippen LogP contribution in [-0.4, -0.2) is 11.7 Å². The minimum atomic E-state index is 0.0362. The van der Waals surface area contributed by atoms with Crippen molar-refractivity contribution < 1.29 is 9.47 Å². The molecule has 0 radical (unpaired) electrons. The third kappa shape index (κ3) is 2.74. The van der Waals surface area contributed by atoms with E-state index in [1.807, 2.05) is 48.8 Å². The summed E-state index contributed by atoms with van der Waals surface area (Å²) in [5.41, 5.74) is 7.81. The van der Waals surface area contributed by atoms with Gasteiger partial charge in [0.1, 0.15) is 23.0 Å². The van der Waals surface area contributed by atoms with Crippen LogP contribution in [0.4, 0.5) is 0 Å². The average Bonchev–Trinajstić information content (AvgIpc) is 2.89. The predicted octanol–water partition coefficient (Wildman–Crippen LogP) is 5.14. The van der Waals surface area contributed by atoms with Gasteiger partial charge in [0.05, 0.1) is 0 Å². The fraction of sp³-hybridized carbons (Fsp3) is 0. The highest BCUT2D eigenvalue weighted by molar-refractivity contribution is 6.98. The molecule has 33 heavy (non-hydrogen) atoms. The van der Waals surface area contributed by atoms with Crippen LogP contribution < -0.4 is 25.9 Å². The number of nitrogens with zero attached hydrogens (tertiary/aromatic N) is 1. The molecule has 0 aliphatic carbocycles. The maximum Gasteiger partial charge on any atom is 0.260 e. The zero-order valence-electron chi connectivity index (χ0n) is 17.7. The van der Waals surface area contributed by atoms with Gasteiger partial charge in [0.15, 0.2) is 0 Å². The molecule has 0 N–H and O–H groups in total. The molecule has 5 aromatic rings. The fourth-order valence-corrected chi connectivity index (χ4v) is 5.08. The molecule has 3 heterocycles. The molecule has 0 spiro atoms. The maximum atomic E-state index is 6.55. The molecule has 154 valence electrons. The van der Waals surface area contributed by atoms with Crippen LogP contribution in [-0.2, 0) is 0 Å². The SMILES string of the molecule is c1ccc(-c2cccc3c2Oc2cccc4c2B3c2cccc(-c3ccncc3)c2O4)cc1. The maximum absolute atomic E-state index is 6.55. The van der Waals surface area contributed by atoms with E-state index in [2.05, 4.69) is 65.6 Å². The van der Waals surface area contributed by atoms with Gasteiger partial charge in [-0.2, -0.15) is 0 Å². The van der Waals surface area contributed by atoms with Gasteiger partial charge in [-0.15, -0.1) is 0 Å². The fourth-order valence-electron chi connectivity index (χ4n) is 5.08. The molecule has 0 bridgehead atoms. The van der Waals surface area contributed by atoms with Gasteiger partial charge in [0.2, 0.25) is 0 Å². The summed E-state index contributed by atoms with van der Waals surface area (Å²) in [6, 6.07) is 33.4. The quantitative estimate of drug-likeness (QED) is 0.361. The van der Waals surface area contributed by atoms with Gasteiger partial charge in [-0.25, -0.2) is 0 Å². The van der Waals surface area contributed by atoms with Gasteiger partial charge in [0, 0.05) is 29.0 Å². The summed E-state index contributed by atoms with van der Waals surface area (Å²) >= 11 is 0. The minimum Gasteiger partial charge on any atom is -0.458 e. The molecule has 0 unspecified atom stereocenters. The largest absolute Gasteiger partial charge is 0.458 e. The monoisotopic (exact) mass is 423 g/mol. The van der Waals surface area contributed by atoms with Gasteiger partial charge in [-0.3, -0.25) is 4.98 Å². The lowest BCUT2D eigenvalue weighted by molar-refractivity contribution is 0.466. The third-order valence-electron chi connectivity index (χ3n) is 6.53. The number of fused-ring (bicyclic) bond motifs is 4. The van der Waals surface area contributed by atoms with Crippen LogP contribution in [0.1, 0.15) is 0 Å². The average molecular weight is 423 g/mol. The van der Waals surface area contributed by atoms with Crippen LogP contribution in [0.25, 0.3) is 22.3 Å². The Morgan fingerprint density at radius 3 is 1.67 bits per heavy atom. The van der Waals surface area contributed by atoms with Gasteiger partial charge in [-0.05, 0) is 46.3 Å². The molecule has 3 nitrogen and oxygen atoms in total. The molecule has 1 aromatic heterocycles. The Morgan fingerprint density at radius 2 is 1.06 bits per heavy atom. The first-order valence-corrected chi connectivity index (χ1v) is 11.1. The van der Waals surface area contributed by atoms with Gasteiger partial charge < -0.3 is 9.47 Å². The van der Waals surface area contributed by atoms with E-state index >= 15 is 0 Å². The van der Waals surface area contributed by atoms with Crippen molar-refractivity contribution >= 4 is 23.1 Å². The number of ether oxygens (including phenoxy) is 2. The Hall–Kier alpha value is -4.31. The summed E-state index contributed by atoms with van der Waals surface area (Å²) in [6.07, 6.45) is 3.64. The first-order chi connectivity index (χ1) is 16.4. The summed E-state index contributed by atoms with van der Waals surface area (Å²) in [4.78, 5) is 4.18. The second-order valence-corrected chi connectivity index (χ2v) is 8.35. The number of pyridine rings is 1. The van der Waals surface area contributed by atoms with E-state index in [1.165, 1.54) is 0 Å². The van der Waals surface area contributed by atoms with Crippen molar-refractivity contribution in [3.05, 3.63) is 109 Å². The molecular weight excluding hydrogens is 405 g/mol. The van der Waals surface area contributed by atoms with Crippen molar-refractivity contribution in [1.82, 2.24) is 4.98 Å². The summed E-state index contributed by atoms with van der Waals surface area (Å²) in [7, 11) is 0. The van der Waals surface area contributed by atoms with E-state index in [9.17, 15) is 0 Å². The molecule has 0 fully saturated rings. The molecule has 0 saturated carbocycles. The van der Waals surface area contributed by atoms with Gasteiger partial charge >= 0.3 is 0 Å². The van der Waals surface area contributed by atoms with E-state index in [0.29, 0.717) is 0 Å². The molecule has 7 rings (SSSR count). The van der Waals surface area contributed by atoms with Gasteiger partial charge in [0.25, 0.3) is 6.71 Å². The van der Waals surface area contributed by atoms with Crippen LogP contribution in [0.15, 0.2) is 109 Å². The van der Waals surface area contributed by atoms with Crippen LogP contribution in [0.3, 0.4) is 0 Å². The number of para-hydroxylation sites is 2. The number of hydrogen-bond donors (Lipinski definition) is 0. The molecular formula is C29H18BNO2. The predicted molar refractivity (Wildman–Crippen MR) is 133 cm³/mol. The minimum absolute atomic E-state index is 0.0362. The Bertz CT molecular complexity index is 1400. The standard InChI is InChI=1S/C29H18BNO2/c1-2-7-19(8-3-1)21-9-4-11-23-28(21)32-25-13-6-14-26-27(25)30(23)24-12-5-10-22(29(24)33-26)20-15-17-31-18-16-20/h1-18H. The summed E-state index contributed by atoms with van der Waals surface area (Å²) in [6.45, 7) is 0.0362. The van der Waals surface area contributed by atoms with Crippen molar-refractivity contribution in [2.24, 2.45) is 0 Å². The Labute approximate surface area is 192 Å². The topological polar surface area (TPSA) is 31.4 Å². The Morgan fingerprint density at radius 1 is 0.515 bits per heavy atom. The molecule has 2 aliphatic rings. The molecule has 2 aliphatic heterocycles. The molecule has 0 atom stereocenters. The molecule has 4 heteroatoms. The van der Waals surface area contributed by atoms with E-state index < -0.39 is 0 Å². The summed E-state index contributed by atoms with van der Waals surface area (Å²) < 4.78 is 13.1. The zero-order valence-corrected chi connectivity index (χ0v) is 17.7. The zero-order chi connectivity index (χ0) is 21.8. The third-order valence-corrected chi connectivity index (χ3v) is 6.53. The number of benzene rings is 4. The van der Waals surface area contributed by atoms with Crippen molar-refractivity contribution in [3.8, 4) is 45.3 Å². The van der Waals surface area contributed by atoms with Crippen LogP contribution >= 0.6 is 0 Å².